The van der Waals surface area contributed by atoms with Gasteiger partial charge in [0.25, 0.3) is 0 Å². The van der Waals surface area contributed by atoms with E-state index in [1.54, 1.807) is 0 Å². The lowest BCUT2D eigenvalue weighted by Gasteiger charge is -2.24. The molecule has 0 aromatic rings. The maximum atomic E-state index is 11.8. The minimum absolute atomic E-state index is 0.0750. The molecule has 0 spiro atoms. The normalized spacial score (nSPS) is 34.0. The summed E-state index contributed by atoms with van der Waals surface area (Å²) in [4.78, 5) is 11.8. The fourth-order valence-electron chi connectivity index (χ4n) is 3.27. The van der Waals surface area contributed by atoms with Crippen LogP contribution < -0.4 is 11.1 Å². The number of fused-ring (bicyclic) bond motifs is 2. The van der Waals surface area contributed by atoms with Gasteiger partial charge < -0.3 is 11.1 Å². The van der Waals surface area contributed by atoms with Gasteiger partial charge in [0.1, 0.15) is 0 Å². The van der Waals surface area contributed by atoms with Gasteiger partial charge in [-0.05, 0) is 37.5 Å². The molecular weight excluding hydrogens is 200 g/mol. The Morgan fingerprint density at radius 1 is 1.44 bits per heavy atom. The largest absolute Gasteiger partial charge is 0.352 e. The Morgan fingerprint density at radius 2 is 2.25 bits per heavy atom. The van der Waals surface area contributed by atoms with E-state index in [2.05, 4.69) is 12.2 Å². The molecule has 0 radical (unpaired) electrons. The summed E-state index contributed by atoms with van der Waals surface area (Å²) in [6.07, 6.45) is 8.17. The van der Waals surface area contributed by atoms with Gasteiger partial charge in [0, 0.05) is 6.04 Å². The number of amides is 1. The molecule has 1 amide bonds. The quantitative estimate of drug-likeness (QED) is 0.748. The molecule has 2 rings (SSSR count). The van der Waals surface area contributed by atoms with Crippen molar-refractivity contribution in [3.63, 3.8) is 0 Å². The second kappa shape index (κ2) is 5.17. The van der Waals surface area contributed by atoms with Crippen molar-refractivity contribution in [2.24, 2.45) is 17.6 Å². The molecule has 2 bridgehead atoms. The molecule has 16 heavy (non-hydrogen) atoms. The van der Waals surface area contributed by atoms with Crippen molar-refractivity contribution >= 4 is 5.91 Å². The molecule has 0 aliphatic heterocycles. The molecule has 2 saturated carbocycles. The first-order chi connectivity index (χ1) is 7.70. The summed E-state index contributed by atoms with van der Waals surface area (Å²) in [6.45, 7) is 2.13. The zero-order valence-electron chi connectivity index (χ0n) is 10.2. The molecular formula is C13H24N2O. The van der Waals surface area contributed by atoms with Gasteiger partial charge in [0.15, 0.2) is 0 Å². The van der Waals surface area contributed by atoms with E-state index in [4.69, 9.17) is 5.73 Å². The van der Waals surface area contributed by atoms with E-state index in [9.17, 15) is 4.79 Å². The first kappa shape index (κ1) is 11.9. The smallest absolute Gasteiger partial charge is 0.237 e. The van der Waals surface area contributed by atoms with E-state index >= 15 is 0 Å². The van der Waals surface area contributed by atoms with Crippen LogP contribution in [0.15, 0.2) is 0 Å². The topological polar surface area (TPSA) is 55.1 Å². The minimum atomic E-state index is -0.293. The summed E-state index contributed by atoms with van der Waals surface area (Å²) in [5.41, 5.74) is 5.87. The summed E-state index contributed by atoms with van der Waals surface area (Å²) in [5.74, 6) is 1.69. The Labute approximate surface area is 98.2 Å². The van der Waals surface area contributed by atoms with Crippen LogP contribution in [0.4, 0.5) is 0 Å². The Morgan fingerprint density at radius 3 is 2.81 bits per heavy atom. The number of carbonyl (C=O) groups excluding carboxylic acids is 1. The molecule has 3 N–H and O–H groups in total. The van der Waals surface area contributed by atoms with Crippen molar-refractivity contribution in [3.8, 4) is 0 Å². The van der Waals surface area contributed by atoms with Crippen LogP contribution in [0, 0.1) is 11.8 Å². The average Bonchev–Trinajstić information content (AvgIpc) is 2.87. The molecule has 4 atom stereocenters. The lowest BCUT2D eigenvalue weighted by atomic mass is 9.95. The van der Waals surface area contributed by atoms with E-state index in [1.165, 1.54) is 25.7 Å². The van der Waals surface area contributed by atoms with Gasteiger partial charge >= 0.3 is 0 Å². The van der Waals surface area contributed by atoms with Crippen LogP contribution >= 0.6 is 0 Å². The highest BCUT2D eigenvalue weighted by molar-refractivity contribution is 5.81. The maximum Gasteiger partial charge on any atom is 0.237 e. The van der Waals surface area contributed by atoms with Gasteiger partial charge in [-0.2, -0.15) is 0 Å². The van der Waals surface area contributed by atoms with Crippen LogP contribution in [0.2, 0.25) is 0 Å². The lowest BCUT2D eigenvalue weighted by molar-refractivity contribution is -0.123. The average molecular weight is 224 g/mol. The molecule has 2 aliphatic carbocycles. The predicted octanol–water partition coefficient (Wildman–Crippen LogP) is 1.81. The van der Waals surface area contributed by atoms with Gasteiger partial charge in [0.2, 0.25) is 5.91 Å². The number of unbranched alkanes of at least 4 members (excludes halogenated alkanes) is 1. The number of nitrogens with two attached hydrogens (primary N) is 1. The van der Waals surface area contributed by atoms with E-state index < -0.39 is 0 Å². The molecule has 4 unspecified atom stereocenters. The number of carbonyl (C=O) groups is 1. The number of nitrogens with one attached hydrogen (secondary N) is 1. The van der Waals surface area contributed by atoms with Crippen molar-refractivity contribution < 1.29 is 4.79 Å². The number of hydrogen-bond donors (Lipinski definition) is 2. The number of rotatable bonds is 5. The van der Waals surface area contributed by atoms with Crippen molar-refractivity contribution in [1.29, 1.82) is 0 Å². The molecule has 0 heterocycles. The monoisotopic (exact) mass is 224 g/mol. The molecule has 92 valence electrons. The highest BCUT2D eigenvalue weighted by Gasteiger charge is 2.40. The second-order valence-electron chi connectivity index (χ2n) is 5.54. The second-order valence-corrected chi connectivity index (χ2v) is 5.54. The van der Waals surface area contributed by atoms with E-state index in [1.807, 2.05) is 0 Å². The molecule has 0 aromatic heterocycles. The van der Waals surface area contributed by atoms with Crippen LogP contribution in [-0.4, -0.2) is 18.0 Å². The molecule has 0 saturated heterocycles. The van der Waals surface area contributed by atoms with Gasteiger partial charge in [-0.1, -0.05) is 26.2 Å². The van der Waals surface area contributed by atoms with Crippen LogP contribution in [0.1, 0.15) is 51.9 Å². The first-order valence-electron chi connectivity index (χ1n) is 6.76. The van der Waals surface area contributed by atoms with E-state index in [0.29, 0.717) is 6.04 Å². The predicted molar refractivity (Wildman–Crippen MR) is 64.9 cm³/mol. The summed E-state index contributed by atoms with van der Waals surface area (Å²) in [7, 11) is 0. The minimum Gasteiger partial charge on any atom is -0.352 e. The third-order valence-corrected chi connectivity index (χ3v) is 4.27. The third-order valence-electron chi connectivity index (χ3n) is 4.27. The van der Waals surface area contributed by atoms with Gasteiger partial charge in [-0.3, -0.25) is 4.79 Å². The summed E-state index contributed by atoms with van der Waals surface area (Å²) in [6, 6.07) is 0.137. The SMILES string of the molecule is CCCCC(N)C(=O)NC1CC2CCC1C2. The van der Waals surface area contributed by atoms with Crippen molar-refractivity contribution in [1.82, 2.24) is 5.32 Å². The Bertz CT molecular complexity index is 254. The van der Waals surface area contributed by atoms with Crippen LogP contribution in [0.3, 0.4) is 0 Å². The standard InChI is InChI=1S/C13H24N2O/c1-2-3-4-11(14)13(16)15-12-8-9-5-6-10(12)7-9/h9-12H,2-8,14H2,1H3,(H,15,16). The van der Waals surface area contributed by atoms with Crippen molar-refractivity contribution in [2.75, 3.05) is 0 Å². The lowest BCUT2D eigenvalue weighted by Crippen LogP contribution is -2.47. The fraction of sp³-hybridized carbons (Fsp3) is 0.923. The summed E-state index contributed by atoms with van der Waals surface area (Å²) in [5, 5.41) is 3.16. The Hall–Kier alpha value is -0.570. The zero-order chi connectivity index (χ0) is 11.5. The summed E-state index contributed by atoms with van der Waals surface area (Å²) < 4.78 is 0. The highest BCUT2D eigenvalue weighted by atomic mass is 16.2. The first-order valence-corrected chi connectivity index (χ1v) is 6.76. The highest BCUT2D eigenvalue weighted by Crippen LogP contribution is 2.44. The van der Waals surface area contributed by atoms with Gasteiger partial charge in [-0.15, -0.1) is 0 Å². The van der Waals surface area contributed by atoms with Crippen LogP contribution in [-0.2, 0) is 4.79 Å². The van der Waals surface area contributed by atoms with E-state index in [0.717, 1.165) is 31.1 Å². The van der Waals surface area contributed by atoms with Crippen molar-refractivity contribution in [2.45, 2.75) is 64.0 Å². The fourth-order valence-corrected chi connectivity index (χ4v) is 3.27. The van der Waals surface area contributed by atoms with Crippen LogP contribution in [0.25, 0.3) is 0 Å². The Kier molecular flexibility index (Phi) is 3.85. The molecule has 3 heteroatoms. The molecule has 2 fully saturated rings. The number of hydrogen-bond acceptors (Lipinski definition) is 2. The van der Waals surface area contributed by atoms with E-state index in [-0.39, 0.29) is 11.9 Å². The Balaban J connectivity index is 1.74. The van der Waals surface area contributed by atoms with Crippen molar-refractivity contribution in [3.05, 3.63) is 0 Å². The van der Waals surface area contributed by atoms with Crippen LogP contribution in [0.5, 0.6) is 0 Å². The van der Waals surface area contributed by atoms with Gasteiger partial charge in [0.05, 0.1) is 6.04 Å². The summed E-state index contributed by atoms with van der Waals surface area (Å²) >= 11 is 0. The molecule has 2 aliphatic rings. The maximum absolute atomic E-state index is 11.8. The zero-order valence-corrected chi connectivity index (χ0v) is 10.2. The molecule has 3 nitrogen and oxygen atoms in total. The third kappa shape index (κ3) is 2.57. The van der Waals surface area contributed by atoms with Gasteiger partial charge in [-0.25, -0.2) is 0 Å². The molecule has 0 aromatic carbocycles.